The highest BCUT2D eigenvalue weighted by Gasteiger charge is 2.39. The SMILES string of the molecule is O=C(NCC(O)CO)c1c(I)c(C(=O)NCC(O)CO)c(I)c(N(CC(O)C(O)C(O)C(O)CN(C(=O)CO)c2c(I)c(C(=O)NCC(O)CO)c(I)c(C(=O)NCC(O)CO)c2I)C(=O)CO)c1I. The Labute approximate surface area is 479 Å². The third kappa shape index (κ3) is 17.0. The molecule has 0 heterocycles. The number of amides is 6. The van der Waals surface area contributed by atoms with Gasteiger partial charge in [-0.25, -0.2) is 0 Å². The first kappa shape index (κ1) is 65.2. The van der Waals surface area contributed by atoms with Crippen LogP contribution >= 0.6 is 136 Å². The van der Waals surface area contributed by atoms with Crippen molar-refractivity contribution in [2.24, 2.45) is 0 Å². The van der Waals surface area contributed by atoms with Crippen LogP contribution in [0.2, 0.25) is 0 Å². The van der Waals surface area contributed by atoms with Crippen LogP contribution in [-0.4, -0.2) is 235 Å². The maximum absolute atomic E-state index is 13.6. The van der Waals surface area contributed by atoms with E-state index < -0.39 is 163 Å². The van der Waals surface area contributed by atoms with E-state index in [4.69, 9.17) is 0 Å². The predicted molar refractivity (Wildman–Crippen MR) is 294 cm³/mol. The van der Waals surface area contributed by atoms with Gasteiger partial charge in [-0.2, -0.15) is 0 Å². The minimum Gasteiger partial charge on any atom is -0.394 e. The van der Waals surface area contributed by atoms with Crippen molar-refractivity contribution in [3.05, 3.63) is 43.7 Å². The number of nitrogens with one attached hydrogen (secondary N) is 4. The van der Waals surface area contributed by atoms with E-state index in [1.54, 1.807) is 136 Å². The topological polar surface area (TPSA) is 440 Å². The first-order chi connectivity index (χ1) is 32.8. The van der Waals surface area contributed by atoms with Gasteiger partial charge >= 0.3 is 0 Å². The number of benzene rings is 2. The van der Waals surface area contributed by atoms with Crippen molar-refractivity contribution < 1.29 is 100 Å². The lowest BCUT2D eigenvalue weighted by atomic mass is 10.0. The Bertz CT molecular complexity index is 1950. The molecule has 2 rings (SSSR count). The Hall–Kier alpha value is -0.920. The van der Waals surface area contributed by atoms with Crippen molar-refractivity contribution >= 4 is 182 Å². The minimum atomic E-state index is -2.45. The van der Waals surface area contributed by atoms with Crippen LogP contribution in [0, 0.1) is 21.4 Å². The average Bonchev–Trinajstić information content (AvgIpc) is 3.33. The van der Waals surface area contributed by atoms with Crippen molar-refractivity contribution in [1.82, 2.24) is 21.3 Å². The minimum absolute atomic E-state index is 0.0430. The largest absolute Gasteiger partial charge is 0.394 e. The van der Waals surface area contributed by atoms with Crippen molar-refractivity contribution in [3.8, 4) is 0 Å². The van der Waals surface area contributed by atoms with E-state index in [0.717, 1.165) is 0 Å². The summed E-state index contributed by atoms with van der Waals surface area (Å²) in [5, 5.41) is 152. The number of halogens is 6. The molecule has 0 bridgehead atoms. The van der Waals surface area contributed by atoms with E-state index in [0.29, 0.717) is 9.80 Å². The fraction of sp³-hybridized carbons (Fsp3) is 0.526. The van der Waals surface area contributed by atoms with Gasteiger partial charge in [0.05, 0.1) is 112 Å². The second kappa shape index (κ2) is 31.2. The zero-order valence-electron chi connectivity index (χ0n) is 36.0. The molecular formula is C38H50I6N6O20. The molecule has 8 atom stereocenters. The number of carbonyl (C=O) groups excluding carboxylic acids is 6. The molecule has 32 heteroatoms. The lowest BCUT2D eigenvalue weighted by Gasteiger charge is -2.34. The molecule has 0 aliphatic rings. The first-order valence-electron chi connectivity index (χ1n) is 20.1. The summed E-state index contributed by atoms with van der Waals surface area (Å²) < 4.78 is -0.499. The molecule has 8 unspecified atom stereocenters. The third-order valence-electron chi connectivity index (χ3n) is 9.62. The molecule has 0 aliphatic carbocycles. The molecule has 6 amide bonds. The Kier molecular flexibility index (Phi) is 29.1. The lowest BCUT2D eigenvalue weighted by molar-refractivity contribution is -0.125. The van der Waals surface area contributed by atoms with Gasteiger partial charge in [0.15, 0.2) is 0 Å². The molecule has 2 aromatic rings. The van der Waals surface area contributed by atoms with Gasteiger partial charge in [-0.15, -0.1) is 0 Å². The Morgan fingerprint density at radius 2 is 0.600 bits per heavy atom. The van der Waals surface area contributed by atoms with Crippen LogP contribution in [0.4, 0.5) is 11.4 Å². The first-order valence-corrected chi connectivity index (χ1v) is 26.5. The highest BCUT2D eigenvalue weighted by molar-refractivity contribution is 14.1. The highest BCUT2D eigenvalue weighted by atomic mass is 127. The summed E-state index contributed by atoms with van der Waals surface area (Å²) in [6, 6.07) is 0. The van der Waals surface area contributed by atoms with E-state index >= 15 is 0 Å². The van der Waals surface area contributed by atoms with Gasteiger partial charge < -0.3 is 103 Å². The quantitative estimate of drug-likeness (QED) is 0.0371. The summed E-state index contributed by atoms with van der Waals surface area (Å²) in [4.78, 5) is 82.9. The maximum Gasteiger partial charge on any atom is 0.253 e. The standard InChI is InChI=1S/C38H50I6N6O20/c39-25-21(35(67)45-1-13(57)7-51)27(41)31(28(42)22(25)36(68)46-2-14(58)8-52)49(19(63)11-55)5-17(61)33(65)34(66)18(62)6-50(20(64)12-56)32-29(43)23(37(69)47-3-15(59)9-53)26(40)24(30(32)44)38(70)48-4-16(60)10-54/h13-18,33-34,51-62,65-66H,1-12H2,(H,45,67)(H,46,68)(H,47,69)(H,48,70). The van der Waals surface area contributed by atoms with Gasteiger partial charge in [0.25, 0.3) is 35.4 Å². The molecule has 0 saturated heterocycles. The number of hydrogen-bond donors (Lipinski definition) is 18. The van der Waals surface area contributed by atoms with Gasteiger partial charge in [0.2, 0.25) is 0 Å². The van der Waals surface area contributed by atoms with Gasteiger partial charge in [-0.3, -0.25) is 28.8 Å². The fourth-order valence-electron chi connectivity index (χ4n) is 5.88. The number of hydrogen-bond acceptors (Lipinski definition) is 20. The van der Waals surface area contributed by atoms with Crippen LogP contribution in [0.5, 0.6) is 0 Å². The smallest absolute Gasteiger partial charge is 0.253 e. The molecule has 70 heavy (non-hydrogen) atoms. The molecule has 394 valence electrons. The molecular weight excluding hydrogens is 1620 g/mol. The van der Waals surface area contributed by atoms with Crippen LogP contribution in [0.1, 0.15) is 41.4 Å². The summed E-state index contributed by atoms with van der Waals surface area (Å²) in [5.74, 6) is -6.19. The molecule has 0 aliphatic heterocycles. The summed E-state index contributed by atoms with van der Waals surface area (Å²) >= 11 is 9.78. The van der Waals surface area contributed by atoms with Gasteiger partial charge in [-0.1, -0.05) is 0 Å². The number of nitrogens with zero attached hydrogens (tertiary/aromatic N) is 2. The van der Waals surface area contributed by atoms with Crippen LogP contribution < -0.4 is 31.1 Å². The molecule has 26 nitrogen and oxygen atoms in total. The van der Waals surface area contributed by atoms with Gasteiger partial charge in [0, 0.05) is 33.3 Å². The summed E-state index contributed by atoms with van der Waals surface area (Å²) in [6.45, 7) is -9.59. The van der Waals surface area contributed by atoms with E-state index in [1.165, 1.54) is 0 Å². The van der Waals surface area contributed by atoms with E-state index in [1.807, 2.05) is 0 Å². The van der Waals surface area contributed by atoms with E-state index in [2.05, 4.69) is 21.3 Å². The van der Waals surface area contributed by atoms with Crippen LogP contribution in [0.15, 0.2) is 0 Å². The normalized spacial score (nSPS) is 14.9. The summed E-state index contributed by atoms with van der Waals surface area (Å²) in [5.41, 5.74) is -1.82. The van der Waals surface area contributed by atoms with Crippen LogP contribution in [-0.2, 0) is 9.59 Å². The maximum atomic E-state index is 13.6. The number of aliphatic hydroxyl groups is 14. The zero-order valence-corrected chi connectivity index (χ0v) is 48.9. The van der Waals surface area contributed by atoms with Crippen LogP contribution in [0.25, 0.3) is 0 Å². The Morgan fingerprint density at radius 1 is 0.386 bits per heavy atom. The molecule has 2 aromatic carbocycles. The summed E-state index contributed by atoms with van der Waals surface area (Å²) in [7, 11) is 0. The van der Waals surface area contributed by atoms with Crippen molar-refractivity contribution in [3.63, 3.8) is 0 Å². The molecule has 0 spiro atoms. The number of aliphatic hydroxyl groups excluding tert-OH is 14. The van der Waals surface area contributed by atoms with Crippen molar-refractivity contribution in [2.45, 2.75) is 48.8 Å². The van der Waals surface area contributed by atoms with Gasteiger partial charge in [0.1, 0.15) is 37.6 Å². The molecule has 0 saturated carbocycles. The fourth-order valence-corrected chi connectivity index (χ4v) is 15.3. The van der Waals surface area contributed by atoms with Gasteiger partial charge in [-0.05, 0) is 136 Å². The second-order valence-corrected chi connectivity index (χ2v) is 21.2. The highest BCUT2D eigenvalue weighted by Crippen LogP contribution is 2.40. The molecule has 0 fully saturated rings. The summed E-state index contributed by atoms with van der Waals surface area (Å²) in [6.07, 6.45) is -15.1. The molecule has 0 radical (unpaired) electrons. The predicted octanol–water partition coefficient (Wildman–Crippen LogP) is -5.56. The number of carbonyl (C=O) groups is 6. The zero-order chi connectivity index (χ0) is 53.5. The second-order valence-electron chi connectivity index (χ2n) is 14.7. The lowest BCUT2D eigenvalue weighted by Crippen LogP contribution is -2.54. The Morgan fingerprint density at radius 3 is 0.786 bits per heavy atom. The molecule has 18 N–H and O–H groups in total. The average molecular weight is 1670 g/mol. The van der Waals surface area contributed by atoms with Crippen molar-refractivity contribution in [1.29, 1.82) is 0 Å². The van der Waals surface area contributed by atoms with Crippen molar-refractivity contribution in [2.75, 3.05) is 88.7 Å². The van der Waals surface area contributed by atoms with Crippen LogP contribution in [0.3, 0.4) is 0 Å². The van der Waals surface area contributed by atoms with E-state index in [-0.39, 0.29) is 55.0 Å². The number of rotatable bonds is 27. The Balaban J connectivity index is 2.77. The third-order valence-corrected chi connectivity index (χ3v) is 16.0. The molecule has 0 aromatic heterocycles. The van der Waals surface area contributed by atoms with E-state index in [9.17, 15) is 100 Å². The number of anilines is 2. The monoisotopic (exact) mass is 1670 g/mol.